The summed E-state index contributed by atoms with van der Waals surface area (Å²) in [4.78, 5) is 30.0. The maximum atomic E-state index is 13.5. The van der Waals surface area contributed by atoms with E-state index in [0.29, 0.717) is 41.5 Å². The molecule has 0 saturated carbocycles. The van der Waals surface area contributed by atoms with E-state index in [2.05, 4.69) is 6.92 Å². The molecule has 2 heterocycles. The van der Waals surface area contributed by atoms with Crippen LogP contribution in [0.25, 0.3) is 5.57 Å². The number of imide groups is 1. The van der Waals surface area contributed by atoms with Gasteiger partial charge in [0.2, 0.25) is 10.0 Å². The molecular formula is C23H25N3O4S. The lowest BCUT2D eigenvalue weighted by Crippen LogP contribution is -2.38. The number of primary sulfonamides is 1. The molecule has 0 spiro atoms. The van der Waals surface area contributed by atoms with E-state index in [1.807, 2.05) is 36.1 Å². The van der Waals surface area contributed by atoms with Gasteiger partial charge >= 0.3 is 0 Å². The van der Waals surface area contributed by atoms with Crippen LogP contribution in [0.5, 0.6) is 0 Å². The van der Waals surface area contributed by atoms with E-state index in [9.17, 15) is 18.0 Å². The molecule has 2 aromatic carbocycles. The van der Waals surface area contributed by atoms with Crippen molar-refractivity contribution in [2.24, 2.45) is 11.1 Å². The molecule has 162 valence electrons. The van der Waals surface area contributed by atoms with Crippen LogP contribution in [0, 0.1) is 12.8 Å². The van der Waals surface area contributed by atoms with E-state index < -0.39 is 21.8 Å². The largest absolute Gasteiger partial charge is 0.366 e. The Labute approximate surface area is 182 Å². The maximum Gasteiger partial charge on any atom is 0.282 e. The van der Waals surface area contributed by atoms with Crippen LogP contribution in [-0.4, -0.2) is 38.2 Å². The number of rotatable bonds is 4. The number of carbonyl (C=O) groups excluding carboxylic acids is 2. The van der Waals surface area contributed by atoms with Crippen LogP contribution >= 0.6 is 0 Å². The number of piperidine rings is 1. The SMILES string of the molecule is Cc1ccc(C2=C(N3CCC(C)CC3)C(=O)N(c3ccc(S(N)(=O)=O)cc3)C2=O)cc1. The molecule has 4 rings (SSSR count). The van der Waals surface area contributed by atoms with Gasteiger partial charge in [0.15, 0.2) is 0 Å². The number of nitrogens with zero attached hydrogens (tertiary/aromatic N) is 2. The van der Waals surface area contributed by atoms with E-state index in [4.69, 9.17) is 5.14 Å². The van der Waals surface area contributed by atoms with Crippen molar-refractivity contribution in [1.29, 1.82) is 0 Å². The highest BCUT2D eigenvalue weighted by Gasteiger charge is 2.43. The average Bonchev–Trinajstić information content (AvgIpc) is 2.99. The van der Waals surface area contributed by atoms with Gasteiger partial charge in [-0.25, -0.2) is 18.5 Å². The molecule has 2 aromatic rings. The van der Waals surface area contributed by atoms with E-state index in [1.54, 1.807) is 0 Å². The third kappa shape index (κ3) is 4.00. The van der Waals surface area contributed by atoms with Crippen LogP contribution in [0.15, 0.2) is 59.1 Å². The van der Waals surface area contributed by atoms with Crippen LogP contribution in [0.2, 0.25) is 0 Å². The summed E-state index contributed by atoms with van der Waals surface area (Å²) in [6, 6.07) is 13.0. The van der Waals surface area contributed by atoms with Crippen molar-refractivity contribution in [3.05, 3.63) is 65.4 Å². The molecule has 31 heavy (non-hydrogen) atoms. The highest BCUT2D eigenvalue weighted by Crippen LogP contribution is 2.36. The van der Waals surface area contributed by atoms with E-state index >= 15 is 0 Å². The van der Waals surface area contributed by atoms with Crippen molar-refractivity contribution in [3.63, 3.8) is 0 Å². The fourth-order valence-corrected chi connectivity index (χ4v) is 4.56. The Bertz CT molecular complexity index is 1160. The fraction of sp³-hybridized carbons (Fsp3) is 0.304. The normalized spacial score (nSPS) is 18.3. The van der Waals surface area contributed by atoms with Gasteiger partial charge in [0, 0.05) is 13.1 Å². The molecule has 1 saturated heterocycles. The van der Waals surface area contributed by atoms with Crippen molar-refractivity contribution < 1.29 is 18.0 Å². The molecule has 2 amide bonds. The zero-order chi connectivity index (χ0) is 22.3. The Morgan fingerprint density at radius 1 is 0.903 bits per heavy atom. The maximum absolute atomic E-state index is 13.5. The second-order valence-corrected chi connectivity index (χ2v) is 9.81. The summed E-state index contributed by atoms with van der Waals surface area (Å²) in [5.41, 5.74) is 2.87. The number of amides is 2. The van der Waals surface area contributed by atoms with Gasteiger partial charge in [-0.1, -0.05) is 36.8 Å². The summed E-state index contributed by atoms with van der Waals surface area (Å²) in [5.74, 6) is -0.224. The molecule has 8 heteroatoms. The Morgan fingerprint density at radius 2 is 1.48 bits per heavy atom. The van der Waals surface area contributed by atoms with Crippen LogP contribution < -0.4 is 10.0 Å². The number of benzene rings is 2. The number of nitrogens with two attached hydrogens (primary N) is 1. The first kappa shape index (κ1) is 21.3. The summed E-state index contributed by atoms with van der Waals surface area (Å²) in [6.07, 6.45) is 1.91. The molecule has 0 atom stereocenters. The minimum absolute atomic E-state index is 0.0766. The summed E-state index contributed by atoms with van der Waals surface area (Å²) < 4.78 is 23.1. The molecule has 7 nitrogen and oxygen atoms in total. The monoisotopic (exact) mass is 439 g/mol. The third-order valence-corrected chi connectivity index (χ3v) is 6.85. The fourth-order valence-electron chi connectivity index (χ4n) is 4.04. The predicted octanol–water partition coefficient (Wildman–Crippen LogP) is 2.66. The lowest BCUT2D eigenvalue weighted by Gasteiger charge is -2.32. The molecule has 0 unspecified atom stereocenters. The highest BCUT2D eigenvalue weighted by atomic mass is 32.2. The lowest BCUT2D eigenvalue weighted by atomic mass is 9.97. The number of hydrogen-bond acceptors (Lipinski definition) is 5. The van der Waals surface area contributed by atoms with Gasteiger partial charge in [0.1, 0.15) is 5.70 Å². The first-order valence-electron chi connectivity index (χ1n) is 10.2. The number of sulfonamides is 1. The molecular weight excluding hydrogens is 414 g/mol. The smallest absolute Gasteiger partial charge is 0.282 e. The Kier molecular flexibility index (Phi) is 5.45. The Hall–Kier alpha value is -2.97. The summed E-state index contributed by atoms with van der Waals surface area (Å²) >= 11 is 0. The van der Waals surface area contributed by atoms with Gasteiger partial charge in [-0.15, -0.1) is 0 Å². The third-order valence-electron chi connectivity index (χ3n) is 5.92. The zero-order valence-electron chi connectivity index (χ0n) is 17.5. The summed E-state index contributed by atoms with van der Waals surface area (Å²) in [6.45, 7) is 5.58. The zero-order valence-corrected chi connectivity index (χ0v) is 18.4. The molecule has 2 aliphatic rings. The van der Waals surface area contributed by atoms with Crippen molar-refractivity contribution >= 4 is 33.1 Å². The van der Waals surface area contributed by atoms with E-state index in [-0.39, 0.29) is 4.90 Å². The van der Waals surface area contributed by atoms with Gasteiger partial charge in [-0.3, -0.25) is 9.59 Å². The van der Waals surface area contributed by atoms with Gasteiger partial charge < -0.3 is 4.90 Å². The van der Waals surface area contributed by atoms with Gasteiger partial charge in [0.05, 0.1) is 16.2 Å². The lowest BCUT2D eigenvalue weighted by molar-refractivity contribution is -0.120. The second kappa shape index (κ2) is 7.94. The van der Waals surface area contributed by atoms with Crippen LogP contribution in [0.3, 0.4) is 0 Å². The molecule has 1 fully saturated rings. The number of carbonyl (C=O) groups is 2. The summed E-state index contributed by atoms with van der Waals surface area (Å²) in [5, 5.41) is 5.17. The van der Waals surface area contributed by atoms with Gasteiger partial charge in [-0.05, 0) is 55.5 Å². The molecule has 0 aliphatic carbocycles. The number of aryl methyl sites for hydroxylation is 1. The number of hydrogen-bond donors (Lipinski definition) is 1. The average molecular weight is 440 g/mol. The van der Waals surface area contributed by atoms with Crippen molar-refractivity contribution in [2.45, 2.75) is 31.6 Å². The number of anilines is 1. The highest BCUT2D eigenvalue weighted by molar-refractivity contribution is 7.89. The Morgan fingerprint density at radius 3 is 2.03 bits per heavy atom. The van der Waals surface area contributed by atoms with Gasteiger partial charge in [-0.2, -0.15) is 0 Å². The topological polar surface area (TPSA) is 101 Å². The van der Waals surface area contributed by atoms with Crippen LogP contribution in [0.4, 0.5) is 5.69 Å². The predicted molar refractivity (Wildman–Crippen MR) is 118 cm³/mol. The van der Waals surface area contributed by atoms with Crippen molar-refractivity contribution in [1.82, 2.24) is 4.90 Å². The Balaban J connectivity index is 1.77. The second-order valence-electron chi connectivity index (χ2n) is 8.24. The number of likely N-dealkylation sites (tertiary alicyclic amines) is 1. The first-order valence-corrected chi connectivity index (χ1v) is 11.8. The van der Waals surface area contributed by atoms with E-state index in [0.717, 1.165) is 23.3 Å². The minimum atomic E-state index is -3.87. The van der Waals surface area contributed by atoms with Crippen molar-refractivity contribution in [3.8, 4) is 0 Å². The standard InChI is InChI=1S/C23H25N3O4S/c1-15-3-5-17(6-4-15)20-21(25-13-11-16(2)12-14-25)23(28)26(22(20)27)18-7-9-19(10-8-18)31(24,29)30/h3-10,16H,11-14H2,1-2H3,(H2,24,29,30). The molecule has 2 aliphatic heterocycles. The quantitative estimate of drug-likeness (QED) is 0.738. The molecule has 2 N–H and O–H groups in total. The van der Waals surface area contributed by atoms with Crippen molar-refractivity contribution in [2.75, 3.05) is 18.0 Å². The molecule has 0 radical (unpaired) electrons. The summed E-state index contributed by atoms with van der Waals surface area (Å²) in [7, 11) is -3.87. The molecule has 0 aromatic heterocycles. The van der Waals surface area contributed by atoms with Crippen LogP contribution in [-0.2, 0) is 19.6 Å². The molecule has 0 bridgehead atoms. The minimum Gasteiger partial charge on any atom is -0.366 e. The van der Waals surface area contributed by atoms with E-state index in [1.165, 1.54) is 24.3 Å². The first-order chi connectivity index (χ1) is 14.7. The van der Waals surface area contributed by atoms with Crippen LogP contribution in [0.1, 0.15) is 30.9 Å². The van der Waals surface area contributed by atoms with Gasteiger partial charge in [0.25, 0.3) is 11.8 Å².